The number of carbonyl (C=O) groups excluding carboxylic acids is 1. The molecule has 0 bridgehead atoms. The molecular weight excluding hydrogens is 277 g/mol. The molecule has 0 spiro atoms. The van der Waals surface area contributed by atoms with Gasteiger partial charge in [0.25, 0.3) is 0 Å². The SMILES string of the molecule is O=C(OS(=O)(=O)C1COCCN1F)c1ccccc1. The molecule has 19 heavy (non-hydrogen) atoms. The number of nitrogens with zero attached hydrogens (tertiary/aromatic N) is 1. The van der Waals surface area contributed by atoms with Crippen LogP contribution in [0.25, 0.3) is 0 Å². The standard InChI is InChI=1S/C11H12FNO5S/c12-13-6-7-17-8-10(13)19(15,16)18-11(14)9-4-2-1-3-5-9/h1-5,10H,6-8H2. The number of hydrogen-bond acceptors (Lipinski definition) is 6. The van der Waals surface area contributed by atoms with Gasteiger partial charge in [0.1, 0.15) is 0 Å². The van der Waals surface area contributed by atoms with E-state index in [9.17, 15) is 17.7 Å². The van der Waals surface area contributed by atoms with E-state index in [0.717, 1.165) is 0 Å². The Hall–Kier alpha value is -1.51. The Labute approximate surface area is 109 Å². The van der Waals surface area contributed by atoms with Crippen LogP contribution < -0.4 is 0 Å². The lowest BCUT2D eigenvalue weighted by Gasteiger charge is -2.26. The second-order valence-corrected chi connectivity index (χ2v) is 5.58. The Morgan fingerprint density at radius 2 is 2.05 bits per heavy atom. The zero-order valence-electron chi connectivity index (χ0n) is 9.86. The summed E-state index contributed by atoms with van der Waals surface area (Å²) in [6, 6.07) is 7.61. The molecule has 0 radical (unpaired) electrons. The van der Waals surface area contributed by atoms with Crippen molar-refractivity contribution in [3.8, 4) is 0 Å². The average Bonchev–Trinajstić information content (AvgIpc) is 2.39. The summed E-state index contributed by atoms with van der Waals surface area (Å²) in [7, 11) is -4.40. The van der Waals surface area contributed by atoms with E-state index in [1.54, 1.807) is 18.2 Å². The minimum atomic E-state index is -4.40. The maximum absolute atomic E-state index is 13.4. The van der Waals surface area contributed by atoms with Crippen LogP contribution in [0.3, 0.4) is 0 Å². The lowest BCUT2D eigenvalue weighted by Crippen LogP contribution is -2.46. The summed E-state index contributed by atoms with van der Waals surface area (Å²) < 4.78 is 46.2. The maximum Gasteiger partial charge on any atom is 0.353 e. The predicted molar refractivity (Wildman–Crippen MR) is 63.2 cm³/mol. The van der Waals surface area contributed by atoms with Crippen LogP contribution >= 0.6 is 0 Å². The van der Waals surface area contributed by atoms with Gasteiger partial charge in [0.15, 0.2) is 0 Å². The number of hydrogen-bond donors (Lipinski definition) is 0. The maximum atomic E-state index is 13.4. The molecule has 1 unspecified atom stereocenters. The molecular formula is C11H12FNO5S. The number of benzene rings is 1. The molecule has 2 rings (SSSR count). The summed E-state index contributed by atoms with van der Waals surface area (Å²) in [5.41, 5.74) is 0.0770. The van der Waals surface area contributed by atoms with Crippen molar-refractivity contribution < 1.29 is 26.6 Å². The zero-order chi connectivity index (χ0) is 13.9. The first-order chi connectivity index (χ1) is 9.00. The minimum Gasteiger partial charge on any atom is -0.377 e. The van der Waals surface area contributed by atoms with Crippen LogP contribution in [0.5, 0.6) is 0 Å². The van der Waals surface area contributed by atoms with Crippen molar-refractivity contribution in [3.63, 3.8) is 0 Å². The Bertz CT molecular complexity index is 547. The van der Waals surface area contributed by atoms with Crippen molar-refractivity contribution >= 4 is 16.1 Å². The first-order valence-electron chi connectivity index (χ1n) is 5.53. The molecule has 1 heterocycles. The highest BCUT2D eigenvalue weighted by atomic mass is 32.2. The van der Waals surface area contributed by atoms with E-state index in [1.165, 1.54) is 12.1 Å². The third kappa shape index (κ3) is 3.28. The zero-order valence-corrected chi connectivity index (χ0v) is 10.7. The van der Waals surface area contributed by atoms with Gasteiger partial charge in [-0.1, -0.05) is 18.2 Å². The van der Waals surface area contributed by atoms with E-state index < -0.39 is 21.5 Å². The molecule has 104 valence electrons. The van der Waals surface area contributed by atoms with Crippen molar-refractivity contribution in [2.75, 3.05) is 19.8 Å². The number of morpholine rings is 1. The fourth-order valence-corrected chi connectivity index (χ4v) is 2.63. The van der Waals surface area contributed by atoms with Crippen LogP contribution in [0.15, 0.2) is 30.3 Å². The summed E-state index contributed by atoms with van der Waals surface area (Å²) in [6.07, 6.45) is 0. The Morgan fingerprint density at radius 3 is 2.68 bits per heavy atom. The lowest BCUT2D eigenvalue weighted by atomic mass is 10.2. The highest BCUT2D eigenvalue weighted by molar-refractivity contribution is 7.87. The first kappa shape index (κ1) is 13.9. The van der Waals surface area contributed by atoms with Crippen molar-refractivity contribution in [2.24, 2.45) is 0 Å². The van der Waals surface area contributed by atoms with E-state index in [0.29, 0.717) is 0 Å². The van der Waals surface area contributed by atoms with E-state index >= 15 is 0 Å². The molecule has 1 aromatic carbocycles. The summed E-state index contributed by atoms with van der Waals surface area (Å²) >= 11 is 0. The summed E-state index contributed by atoms with van der Waals surface area (Å²) in [4.78, 5) is 11.6. The fourth-order valence-electron chi connectivity index (χ4n) is 1.57. The number of ether oxygens (including phenoxy) is 1. The summed E-state index contributed by atoms with van der Waals surface area (Å²) in [5.74, 6) is -1.04. The van der Waals surface area contributed by atoms with Crippen molar-refractivity contribution in [3.05, 3.63) is 35.9 Å². The average molecular weight is 289 g/mol. The molecule has 1 fully saturated rings. The topological polar surface area (TPSA) is 72.9 Å². The van der Waals surface area contributed by atoms with Gasteiger partial charge in [-0.25, -0.2) is 4.79 Å². The number of carbonyl (C=O) groups is 1. The van der Waals surface area contributed by atoms with E-state index in [2.05, 4.69) is 4.18 Å². The molecule has 8 heteroatoms. The third-order valence-corrected chi connectivity index (χ3v) is 3.97. The fraction of sp³-hybridized carbons (Fsp3) is 0.364. The molecule has 1 saturated heterocycles. The molecule has 0 amide bonds. The third-order valence-electron chi connectivity index (χ3n) is 2.56. The first-order valence-corrected chi connectivity index (χ1v) is 7.01. The molecule has 0 N–H and O–H groups in total. The van der Waals surface area contributed by atoms with Crippen molar-refractivity contribution in [1.82, 2.24) is 5.12 Å². The summed E-state index contributed by atoms with van der Waals surface area (Å²) in [5, 5.41) is -1.52. The van der Waals surface area contributed by atoms with Gasteiger partial charge in [-0.3, -0.25) is 0 Å². The molecule has 1 atom stereocenters. The summed E-state index contributed by atoms with van der Waals surface area (Å²) in [6.45, 7) is -0.469. The second kappa shape index (κ2) is 5.64. The molecule has 0 saturated carbocycles. The van der Waals surface area contributed by atoms with Gasteiger partial charge in [-0.2, -0.15) is 8.42 Å². The molecule has 1 aromatic rings. The quantitative estimate of drug-likeness (QED) is 0.603. The second-order valence-electron chi connectivity index (χ2n) is 3.88. The highest BCUT2D eigenvalue weighted by Gasteiger charge is 2.38. The van der Waals surface area contributed by atoms with Crippen LogP contribution in [-0.4, -0.2) is 44.6 Å². The van der Waals surface area contributed by atoms with Crippen molar-refractivity contribution in [1.29, 1.82) is 0 Å². The van der Waals surface area contributed by atoms with Gasteiger partial charge in [0.05, 0.1) is 25.3 Å². The Kier molecular flexibility index (Phi) is 4.13. The van der Waals surface area contributed by atoms with Crippen LogP contribution in [0.2, 0.25) is 0 Å². The van der Waals surface area contributed by atoms with Crippen LogP contribution in [0.1, 0.15) is 10.4 Å². The molecule has 6 nitrogen and oxygen atoms in total. The normalized spacial score (nSPS) is 21.0. The molecule has 1 aliphatic rings. The van der Waals surface area contributed by atoms with Gasteiger partial charge in [-0.05, 0) is 12.1 Å². The molecule has 1 aliphatic heterocycles. The van der Waals surface area contributed by atoms with Gasteiger partial charge in [0, 0.05) is 0 Å². The van der Waals surface area contributed by atoms with Gasteiger partial charge < -0.3 is 8.92 Å². The van der Waals surface area contributed by atoms with Gasteiger partial charge in [-0.15, -0.1) is 9.60 Å². The van der Waals surface area contributed by atoms with Crippen LogP contribution in [-0.2, 0) is 19.0 Å². The smallest absolute Gasteiger partial charge is 0.353 e. The number of rotatable bonds is 3. The van der Waals surface area contributed by atoms with E-state index in [1.807, 2.05) is 0 Å². The monoisotopic (exact) mass is 289 g/mol. The predicted octanol–water partition coefficient (Wildman–Crippen LogP) is 0.716. The molecule has 0 aromatic heterocycles. The van der Waals surface area contributed by atoms with Gasteiger partial charge >= 0.3 is 16.1 Å². The van der Waals surface area contributed by atoms with Gasteiger partial charge in [0.2, 0.25) is 5.37 Å². The van der Waals surface area contributed by atoms with E-state index in [-0.39, 0.29) is 30.4 Å². The minimum absolute atomic E-state index is 0.0770. The Morgan fingerprint density at radius 1 is 1.37 bits per heavy atom. The number of halogens is 1. The van der Waals surface area contributed by atoms with Crippen LogP contribution in [0.4, 0.5) is 4.48 Å². The Balaban J connectivity index is 2.11. The van der Waals surface area contributed by atoms with E-state index in [4.69, 9.17) is 4.74 Å². The lowest BCUT2D eigenvalue weighted by molar-refractivity contribution is -0.0844. The highest BCUT2D eigenvalue weighted by Crippen LogP contribution is 2.17. The van der Waals surface area contributed by atoms with Crippen LogP contribution in [0, 0.1) is 0 Å². The van der Waals surface area contributed by atoms with Crippen molar-refractivity contribution in [2.45, 2.75) is 5.37 Å². The largest absolute Gasteiger partial charge is 0.377 e. The molecule has 0 aliphatic carbocycles.